The van der Waals surface area contributed by atoms with Crippen LogP contribution in [0.5, 0.6) is 5.75 Å². The van der Waals surface area contributed by atoms with Crippen molar-refractivity contribution in [2.45, 2.75) is 24.2 Å². The minimum absolute atomic E-state index is 0.324. The lowest BCUT2D eigenvalue weighted by atomic mass is 10.2. The van der Waals surface area contributed by atoms with E-state index in [-0.39, 0.29) is 4.90 Å². The van der Waals surface area contributed by atoms with Gasteiger partial charge in [-0.2, -0.15) is 0 Å². The summed E-state index contributed by atoms with van der Waals surface area (Å²) < 4.78 is 67.3. The number of sulfonamides is 1. The predicted molar refractivity (Wildman–Crippen MR) is 76.1 cm³/mol. The third kappa shape index (κ3) is 4.93. The van der Waals surface area contributed by atoms with Crippen LogP contribution in [0.25, 0.3) is 0 Å². The van der Waals surface area contributed by atoms with E-state index < -0.39 is 28.2 Å². The van der Waals surface area contributed by atoms with E-state index in [1.165, 1.54) is 18.3 Å². The third-order valence-electron chi connectivity index (χ3n) is 2.87. The first-order valence-corrected chi connectivity index (χ1v) is 7.94. The molecule has 2 aromatic rings. The van der Waals surface area contributed by atoms with Crippen LogP contribution in [-0.4, -0.2) is 19.8 Å². The topological polar surface area (TPSA) is 68.3 Å². The molecule has 1 aromatic carbocycles. The largest absolute Gasteiger partial charge is 0.573 e. The Morgan fingerprint density at radius 3 is 2.57 bits per heavy atom. The highest BCUT2D eigenvalue weighted by molar-refractivity contribution is 7.89. The Balaban J connectivity index is 2.21. The fourth-order valence-electron chi connectivity index (χ4n) is 1.84. The summed E-state index contributed by atoms with van der Waals surface area (Å²) in [6.45, 7) is 1.60. The second-order valence-electron chi connectivity index (χ2n) is 4.65. The molecule has 23 heavy (non-hydrogen) atoms. The van der Waals surface area contributed by atoms with E-state index in [0.717, 1.165) is 12.1 Å². The molecule has 9 heteroatoms. The highest BCUT2D eigenvalue weighted by Gasteiger charge is 2.31. The molecule has 0 fully saturated rings. The summed E-state index contributed by atoms with van der Waals surface area (Å²) in [4.78, 5) is 3.56. The van der Waals surface area contributed by atoms with E-state index in [2.05, 4.69) is 14.4 Å². The van der Waals surface area contributed by atoms with Crippen LogP contribution in [0.15, 0.2) is 53.7 Å². The van der Waals surface area contributed by atoms with Gasteiger partial charge in [0.2, 0.25) is 10.0 Å². The van der Waals surface area contributed by atoms with Crippen LogP contribution in [-0.2, 0) is 10.0 Å². The molecule has 0 radical (unpaired) electrons. The summed E-state index contributed by atoms with van der Waals surface area (Å²) in [7, 11) is -4.01. The molecule has 1 heterocycles. The van der Waals surface area contributed by atoms with Crippen molar-refractivity contribution in [3.05, 3.63) is 54.4 Å². The van der Waals surface area contributed by atoms with E-state index >= 15 is 0 Å². The molecule has 0 amide bonds. The van der Waals surface area contributed by atoms with Crippen LogP contribution in [0.2, 0.25) is 0 Å². The van der Waals surface area contributed by atoms with Gasteiger partial charge in [-0.05, 0) is 30.7 Å². The number of rotatable bonds is 5. The number of alkyl halides is 3. The Labute approximate surface area is 131 Å². The normalized spacial score (nSPS) is 13.6. The second kappa shape index (κ2) is 6.55. The Bertz CT molecular complexity index is 764. The van der Waals surface area contributed by atoms with Gasteiger partial charge in [-0.25, -0.2) is 13.1 Å². The van der Waals surface area contributed by atoms with Crippen molar-refractivity contribution < 1.29 is 26.3 Å². The van der Waals surface area contributed by atoms with Gasteiger partial charge in [-0.3, -0.25) is 4.98 Å². The first kappa shape index (κ1) is 17.2. The van der Waals surface area contributed by atoms with Gasteiger partial charge in [0, 0.05) is 24.5 Å². The molecule has 2 rings (SSSR count). The first-order chi connectivity index (χ1) is 10.7. The molecule has 0 bridgehead atoms. The smallest absolute Gasteiger partial charge is 0.406 e. The monoisotopic (exact) mass is 346 g/mol. The summed E-state index contributed by atoms with van der Waals surface area (Å²) in [5.74, 6) is -0.602. The zero-order valence-electron chi connectivity index (χ0n) is 11.9. The van der Waals surface area contributed by atoms with Gasteiger partial charge in [-0.15, -0.1) is 13.2 Å². The molecular weight excluding hydrogens is 333 g/mol. The van der Waals surface area contributed by atoms with Gasteiger partial charge in [0.25, 0.3) is 0 Å². The van der Waals surface area contributed by atoms with Crippen LogP contribution >= 0.6 is 0 Å². The van der Waals surface area contributed by atoms with E-state index in [1.807, 2.05) is 0 Å². The number of nitrogens with one attached hydrogen (secondary N) is 1. The number of aromatic nitrogens is 1. The van der Waals surface area contributed by atoms with Crippen LogP contribution in [0.3, 0.4) is 0 Å². The van der Waals surface area contributed by atoms with Crippen molar-refractivity contribution in [3.63, 3.8) is 0 Å². The third-order valence-corrected chi connectivity index (χ3v) is 4.40. The molecule has 124 valence electrons. The van der Waals surface area contributed by atoms with Crippen LogP contribution in [0.1, 0.15) is 18.5 Å². The molecule has 1 N–H and O–H groups in total. The van der Waals surface area contributed by atoms with Gasteiger partial charge in [0.1, 0.15) is 5.75 Å². The number of ether oxygens (including phenoxy) is 1. The summed E-state index contributed by atoms with van der Waals surface area (Å²) in [6.07, 6.45) is -1.85. The summed E-state index contributed by atoms with van der Waals surface area (Å²) in [5.41, 5.74) is 0.624. The molecular formula is C14H13F3N2O3S. The Morgan fingerprint density at radius 2 is 1.96 bits per heavy atom. The molecule has 1 aromatic heterocycles. The van der Waals surface area contributed by atoms with Gasteiger partial charge in [-0.1, -0.05) is 12.1 Å². The number of hydrogen-bond donors (Lipinski definition) is 1. The van der Waals surface area contributed by atoms with Crippen molar-refractivity contribution in [3.8, 4) is 5.75 Å². The number of nitrogens with zero attached hydrogens (tertiary/aromatic N) is 1. The van der Waals surface area contributed by atoms with Gasteiger partial charge >= 0.3 is 6.36 Å². The minimum Gasteiger partial charge on any atom is -0.406 e. The van der Waals surface area contributed by atoms with Gasteiger partial charge < -0.3 is 4.74 Å². The van der Waals surface area contributed by atoms with E-state index in [9.17, 15) is 21.6 Å². The zero-order valence-corrected chi connectivity index (χ0v) is 12.7. The lowest BCUT2D eigenvalue weighted by Crippen LogP contribution is -2.27. The maximum absolute atomic E-state index is 12.3. The summed E-state index contributed by atoms with van der Waals surface area (Å²) in [5, 5.41) is 0. The second-order valence-corrected chi connectivity index (χ2v) is 6.37. The molecule has 0 aliphatic heterocycles. The molecule has 0 aliphatic rings. The fourth-order valence-corrected chi connectivity index (χ4v) is 3.11. The first-order valence-electron chi connectivity index (χ1n) is 6.45. The lowest BCUT2D eigenvalue weighted by Gasteiger charge is -2.15. The molecule has 0 saturated carbocycles. The average Bonchev–Trinajstić information content (AvgIpc) is 2.46. The molecule has 5 nitrogen and oxygen atoms in total. The quantitative estimate of drug-likeness (QED) is 0.904. The van der Waals surface area contributed by atoms with E-state index in [0.29, 0.717) is 5.56 Å². The van der Waals surface area contributed by atoms with Crippen molar-refractivity contribution >= 4 is 10.0 Å². The average molecular weight is 346 g/mol. The van der Waals surface area contributed by atoms with Crippen molar-refractivity contribution in [1.29, 1.82) is 0 Å². The van der Waals surface area contributed by atoms with Gasteiger partial charge in [0.05, 0.1) is 4.90 Å². The van der Waals surface area contributed by atoms with Gasteiger partial charge in [0.15, 0.2) is 0 Å². The van der Waals surface area contributed by atoms with E-state index in [1.54, 1.807) is 25.3 Å². The zero-order chi connectivity index (χ0) is 17.1. The maximum Gasteiger partial charge on any atom is 0.573 e. The van der Waals surface area contributed by atoms with Crippen molar-refractivity contribution in [1.82, 2.24) is 9.71 Å². The molecule has 1 unspecified atom stereocenters. The number of benzene rings is 1. The SMILES string of the molecule is CC(NS(=O)(=O)c1cccc(OC(F)(F)F)c1)c1cccnc1. The highest BCUT2D eigenvalue weighted by atomic mass is 32.2. The Kier molecular flexibility index (Phi) is 4.90. The molecule has 0 aliphatic carbocycles. The predicted octanol–water partition coefficient (Wildman–Crippen LogP) is 3.02. The molecule has 0 saturated heterocycles. The van der Waals surface area contributed by atoms with Crippen molar-refractivity contribution in [2.75, 3.05) is 0 Å². The Morgan fingerprint density at radius 1 is 1.22 bits per heavy atom. The van der Waals surface area contributed by atoms with Crippen LogP contribution < -0.4 is 9.46 Å². The Hall–Kier alpha value is -2.13. The fraction of sp³-hybridized carbons (Fsp3) is 0.214. The number of halogens is 3. The maximum atomic E-state index is 12.3. The van der Waals surface area contributed by atoms with Crippen LogP contribution in [0.4, 0.5) is 13.2 Å². The summed E-state index contributed by atoms with van der Waals surface area (Å²) >= 11 is 0. The molecule has 0 spiro atoms. The standard InChI is InChI=1S/C14H13F3N2O3S/c1-10(11-4-3-7-18-9-11)19-23(20,21)13-6-2-5-12(8-13)22-14(15,16)17/h2-10,19H,1H3. The van der Waals surface area contributed by atoms with Crippen LogP contribution in [0, 0.1) is 0 Å². The highest BCUT2D eigenvalue weighted by Crippen LogP contribution is 2.25. The lowest BCUT2D eigenvalue weighted by molar-refractivity contribution is -0.274. The summed E-state index contributed by atoms with van der Waals surface area (Å²) in [6, 6.07) is 6.93. The molecule has 1 atom stereocenters. The van der Waals surface area contributed by atoms with Crippen molar-refractivity contribution in [2.24, 2.45) is 0 Å². The van der Waals surface area contributed by atoms with E-state index in [4.69, 9.17) is 0 Å². The number of pyridine rings is 1. The minimum atomic E-state index is -4.89. The number of hydrogen-bond acceptors (Lipinski definition) is 4.